The van der Waals surface area contributed by atoms with Gasteiger partial charge in [-0.25, -0.2) is 4.39 Å². The molecule has 0 N–H and O–H groups in total. The number of aryl methyl sites for hydroxylation is 1. The zero-order chi connectivity index (χ0) is 14.1. The van der Waals surface area contributed by atoms with Gasteiger partial charge in [-0.2, -0.15) is 0 Å². The molecule has 0 radical (unpaired) electrons. The average Bonchev–Trinajstić information content (AvgIpc) is 2.49. The molecule has 0 fully saturated rings. The Bertz CT molecular complexity index is 783. The Kier molecular flexibility index (Phi) is 3.11. The first-order valence-corrected chi connectivity index (χ1v) is 6.38. The third-order valence-corrected chi connectivity index (χ3v) is 3.43. The van der Waals surface area contributed by atoms with Crippen LogP contribution in [0.25, 0.3) is 22.0 Å². The third kappa shape index (κ3) is 2.11. The molecular weight excluding hydrogens is 253 g/mol. The van der Waals surface area contributed by atoms with Gasteiger partial charge in [0.1, 0.15) is 11.6 Å². The van der Waals surface area contributed by atoms with Gasteiger partial charge in [-0.3, -0.25) is 4.98 Å². The number of nitrogens with zero attached hydrogens (tertiary/aromatic N) is 1. The molecule has 0 saturated carbocycles. The second kappa shape index (κ2) is 4.93. The van der Waals surface area contributed by atoms with Gasteiger partial charge < -0.3 is 4.74 Å². The molecule has 3 heteroatoms. The van der Waals surface area contributed by atoms with E-state index in [1.807, 2.05) is 30.3 Å². The largest absolute Gasteiger partial charge is 0.497 e. The lowest BCUT2D eigenvalue weighted by Gasteiger charge is -2.08. The van der Waals surface area contributed by atoms with Crippen LogP contribution in [0.4, 0.5) is 4.39 Å². The summed E-state index contributed by atoms with van der Waals surface area (Å²) < 4.78 is 19.0. The van der Waals surface area contributed by atoms with Gasteiger partial charge in [0.05, 0.1) is 12.6 Å². The van der Waals surface area contributed by atoms with Crippen LogP contribution in [-0.4, -0.2) is 12.1 Å². The molecule has 0 unspecified atom stereocenters. The fourth-order valence-electron chi connectivity index (χ4n) is 2.27. The summed E-state index contributed by atoms with van der Waals surface area (Å²) in [5, 5.41) is 0.983. The lowest BCUT2D eigenvalue weighted by molar-refractivity contribution is 0.415. The molecule has 3 rings (SSSR count). The van der Waals surface area contributed by atoms with Crippen LogP contribution >= 0.6 is 0 Å². The molecule has 0 aliphatic rings. The minimum atomic E-state index is -0.194. The lowest BCUT2D eigenvalue weighted by Crippen LogP contribution is -1.89. The van der Waals surface area contributed by atoms with Crippen molar-refractivity contribution in [1.82, 2.24) is 4.98 Å². The van der Waals surface area contributed by atoms with Crippen LogP contribution in [0.1, 0.15) is 5.56 Å². The van der Waals surface area contributed by atoms with E-state index in [9.17, 15) is 4.39 Å². The molecule has 2 aromatic carbocycles. The first-order chi connectivity index (χ1) is 9.69. The number of rotatable bonds is 2. The number of hydrogen-bond acceptors (Lipinski definition) is 2. The van der Waals surface area contributed by atoms with Gasteiger partial charge in [-0.1, -0.05) is 12.1 Å². The van der Waals surface area contributed by atoms with Crippen molar-refractivity contribution in [2.24, 2.45) is 0 Å². The first kappa shape index (κ1) is 12.6. The minimum absolute atomic E-state index is 0.194. The normalized spacial score (nSPS) is 10.8. The number of methoxy groups -OCH3 is 1. The molecule has 0 spiro atoms. The molecule has 100 valence electrons. The van der Waals surface area contributed by atoms with E-state index in [1.165, 1.54) is 0 Å². The van der Waals surface area contributed by atoms with Crippen molar-refractivity contribution in [3.8, 4) is 16.9 Å². The van der Waals surface area contributed by atoms with Crippen LogP contribution in [0.15, 0.2) is 48.7 Å². The van der Waals surface area contributed by atoms with E-state index < -0.39 is 0 Å². The van der Waals surface area contributed by atoms with Crippen LogP contribution < -0.4 is 4.74 Å². The minimum Gasteiger partial charge on any atom is -0.497 e. The fraction of sp³-hybridized carbons (Fsp3) is 0.118. The van der Waals surface area contributed by atoms with Crippen molar-refractivity contribution in [3.63, 3.8) is 0 Å². The molecule has 1 aromatic heterocycles. The van der Waals surface area contributed by atoms with Crippen molar-refractivity contribution in [2.45, 2.75) is 6.92 Å². The summed E-state index contributed by atoms with van der Waals surface area (Å²) >= 11 is 0. The smallest absolute Gasteiger partial charge is 0.126 e. The van der Waals surface area contributed by atoms with Gasteiger partial charge >= 0.3 is 0 Å². The van der Waals surface area contributed by atoms with Crippen molar-refractivity contribution in [3.05, 3.63) is 60.0 Å². The fourth-order valence-corrected chi connectivity index (χ4v) is 2.27. The topological polar surface area (TPSA) is 22.1 Å². The summed E-state index contributed by atoms with van der Waals surface area (Å²) in [6, 6.07) is 12.9. The SMILES string of the molecule is COc1ccc2c(-c3ccc(C)c(F)c3)ccnc2c1. The second-order valence-electron chi connectivity index (χ2n) is 4.71. The lowest BCUT2D eigenvalue weighted by atomic mass is 10.00. The zero-order valence-electron chi connectivity index (χ0n) is 11.4. The van der Waals surface area contributed by atoms with E-state index >= 15 is 0 Å². The van der Waals surface area contributed by atoms with E-state index in [0.29, 0.717) is 5.56 Å². The van der Waals surface area contributed by atoms with Crippen molar-refractivity contribution in [2.75, 3.05) is 7.11 Å². The average molecular weight is 267 g/mol. The third-order valence-electron chi connectivity index (χ3n) is 3.43. The van der Waals surface area contributed by atoms with Crippen LogP contribution in [-0.2, 0) is 0 Å². The predicted molar refractivity (Wildman–Crippen MR) is 78.4 cm³/mol. The quantitative estimate of drug-likeness (QED) is 0.688. The van der Waals surface area contributed by atoms with Gasteiger partial charge in [0.15, 0.2) is 0 Å². The van der Waals surface area contributed by atoms with E-state index in [2.05, 4.69) is 4.98 Å². The summed E-state index contributed by atoms with van der Waals surface area (Å²) in [6.07, 6.45) is 1.73. The van der Waals surface area contributed by atoms with Crippen LogP contribution in [0.5, 0.6) is 5.75 Å². The number of hydrogen-bond donors (Lipinski definition) is 0. The van der Waals surface area contributed by atoms with Gasteiger partial charge in [-0.05, 0) is 47.9 Å². The summed E-state index contributed by atoms with van der Waals surface area (Å²) in [6.45, 7) is 1.76. The number of ether oxygens (including phenoxy) is 1. The molecule has 0 saturated heterocycles. The van der Waals surface area contributed by atoms with Crippen LogP contribution in [0.3, 0.4) is 0 Å². The van der Waals surface area contributed by atoms with Crippen molar-refractivity contribution in [1.29, 1.82) is 0 Å². The Morgan fingerprint density at radius 2 is 1.90 bits per heavy atom. The number of fused-ring (bicyclic) bond motifs is 1. The molecule has 0 atom stereocenters. The highest BCUT2D eigenvalue weighted by Crippen LogP contribution is 2.30. The van der Waals surface area contributed by atoms with E-state index in [4.69, 9.17) is 4.74 Å². The van der Waals surface area contributed by atoms with Gasteiger partial charge in [-0.15, -0.1) is 0 Å². The van der Waals surface area contributed by atoms with Gasteiger partial charge in [0.2, 0.25) is 0 Å². The molecule has 20 heavy (non-hydrogen) atoms. The molecule has 0 aliphatic heterocycles. The maximum Gasteiger partial charge on any atom is 0.126 e. The highest BCUT2D eigenvalue weighted by atomic mass is 19.1. The van der Waals surface area contributed by atoms with Crippen molar-refractivity contribution < 1.29 is 9.13 Å². The van der Waals surface area contributed by atoms with Gasteiger partial charge in [0, 0.05) is 17.6 Å². The molecule has 0 aliphatic carbocycles. The number of pyridine rings is 1. The Morgan fingerprint density at radius 3 is 2.65 bits per heavy atom. The zero-order valence-corrected chi connectivity index (χ0v) is 11.4. The first-order valence-electron chi connectivity index (χ1n) is 6.38. The second-order valence-corrected chi connectivity index (χ2v) is 4.71. The number of halogens is 1. The monoisotopic (exact) mass is 267 g/mol. The molecule has 3 aromatic rings. The van der Waals surface area contributed by atoms with Crippen molar-refractivity contribution >= 4 is 10.9 Å². The van der Waals surface area contributed by atoms with Crippen LogP contribution in [0.2, 0.25) is 0 Å². The number of aromatic nitrogens is 1. The van der Waals surface area contributed by atoms with Gasteiger partial charge in [0.25, 0.3) is 0 Å². The maximum absolute atomic E-state index is 13.7. The summed E-state index contributed by atoms with van der Waals surface area (Å²) in [5.74, 6) is 0.568. The van der Waals surface area contributed by atoms with E-state index in [0.717, 1.165) is 27.8 Å². The Morgan fingerprint density at radius 1 is 1.05 bits per heavy atom. The Labute approximate surface area is 116 Å². The molecule has 1 heterocycles. The maximum atomic E-state index is 13.7. The summed E-state index contributed by atoms with van der Waals surface area (Å²) in [7, 11) is 1.63. The summed E-state index contributed by atoms with van der Waals surface area (Å²) in [5.41, 5.74) is 3.30. The Hall–Kier alpha value is -2.42. The summed E-state index contributed by atoms with van der Waals surface area (Å²) in [4.78, 5) is 4.34. The Balaban J connectivity index is 2.22. The predicted octanol–water partition coefficient (Wildman–Crippen LogP) is 4.36. The van der Waals surface area contributed by atoms with E-state index in [-0.39, 0.29) is 5.82 Å². The highest BCUT2D eigenvalue weighted by Gasteiger charge is 2.07. The van der Waals surface area contributed by atoms with Crippen LogP contribution in [0, 0.1) is 12.7 Å². The molecule has 0 bridgehead atoms. The molecular formula is C17H14FNO. The number of benzene rings is 2. The molecule has 0 amide bonds. The van der Waals surface area contributed by atoms with E-state index in [1.54, 1.807) is 32.4 Å². The standard InChI is InChI=1S/C17H14FNO/c1-11-3-4-12(9-16(11)18)14-7-8-19-17-10-13(20-2)5-6-15(14)17/h3-10H,1-2H3. The highest BCUT2D eigenvalue weighted by molar-refractivity contribution is 5.94. The molecule has 2 nitrogen and oxygen atoms in total.